The highest BCUT2D eigenvalue weighted by Crippen LogP contribution is 2.15. The van der Waals surface area contributed by atoms with E-state index in [4.69, 9.17) is 0 Å². The molecule has 0 radical (unpaired) electrons. The van der Waals surface area contributed by atoms with Crippen LogP contribution in [0.2, 0.25) is 0 Å². The van der Waals surface area contributed by atoms with E-state index in [1.165, 1.54) is 82.4 Å². The summed E-state index contributed by atoms with van der Waals surface area (Å²) in [4.78, 5) is 3.71. The Balaban J connectivity index is 1.47. The number of hydrogen-bond acceptors (Lipinski definition) is 0. The van der Waals surface area contributed by atoms with Gasteiger partial charge in [-0.15, -0.1) is 0 Å². The minimum absolute atomic E-state index is 0.980. The van der Waals surface area contributed by atoms with Gasteiger partial charge in [0.15, 0.2) is 0 Å². The van der Waals surface area contributed by atoms with Gasteiger partial charge in [-0.25, -0.2) is 0 Å². The summed E-state index contributed by atoms with van der Waals surface area (Å²) >= 11 is 0. The van der Waals surface area contributed by atoms with Crippen LogP contribution in [-0.4, -0.2) is 32.2 Å². The zero-order valence-corrected chi connectivity index (χ0v) is 13.7. The van der Waals surface area contributed by atoms with Crippen molar-refractivity contribution in [3.63, 3.8) is 0 Å². The van der Waals surface area contributed by atoms with Gasteiger partial charge < -0.3 is 9.80 Å². The predicted octanol–water partition coefficient (Wildman–Crippen LogP) is 1.00. The van der Waals surface area contributed by atoms with Crippen molar-refractivity contribution < 1.29 is 9.80 Å². The predicted molar refractivity (Wildman–Crippen MR) is 87.8 cm³/mol. The molecular weight excluding hydrogens is 256 g/mol. The van der Waals surface area contributed by atoms with Gasteiger partial charge in [0, 0.05) is 5.56 Å². The molecule has 2 heteroatoms. The van der Waals surface area contributed by atoms with E-state index < -0.39 is 0 Å². The topological polar surface area (TPSA) is 8.88 Å². The minimum atomic E-state index is 0.980. The molecule has 0 unspecified atom stereocenters. The Bertz CT molecular complexity index is 410. The molecule has 2 N–H and O–H groups in total. The van der Waals surface area contributed by atoms with Crippen molar-refractivity contribution in [3.05, 3.63) is 35.4 Å². The second kappa shape index (κ2) is 7.42. The van der Waals surface area contributed by atoms with Crippen LogP contribution in [0, 0.1) is 6.92 Å². The second-order valence-electron chi connectivity index (χ2n) is 7.26. The number of benzene rings is 1. The van der Waals surface area contributed by atoms with Gasteiger partial charge in [0.2, 0.25) is 0 Å². The summed E-state index contributed by atoms with van der Waals surface area (Å²) in [6, 6.07) is 10.1. The molecule has 116 valence electrons. The lowest BCUT2D eigenvalue weighted by atomic mass is 10.1. The average molecular weight is 288 g/mol. The molecule has 2 fully saturated rings. The summed E-state index contributed by atoms with van der Waals surface area (Å²) in [5.41, 5.74) is 2.88. The van der Waals surface area contributed by atoms with Crippen LogP contribution in [-0.2, 0) is 6.54 Å². The van der Waals surface area contributed by atoms with Crippen LogP contribution in [0.25, 0.3) is 0 Å². The van der Waals surface area contributed by atoms with Crippen molar-refractivity contribution in [2.45, 2.75) is 58.0 Å². The molecule has 1 aliphatic heterocycles. The van der Waals surface area contributed by atoms with E-state index in [0.29, 0.717) is 0 Å². The number of quaternary nitrogens is 2. The molecule has 21 heavy (non-hydrogen) atoms. The first-order valence-corrected chi connectivity index (χ1v) is 9.05. The van der Waals surface area contributed by atoms with Gasteiger partial charge >= 0.3 is 0 Å². The van der Waals surface area contributed by atoms with Gasteiger partial charge in [-0.3, -0.25) is 0 Å². The normalized spacial score (nSPS) is 28.2. The molecule has 1 saturated carbocycles. The summed E-state index contributed by atoms with van der Waals surface area (Å²) in [6.45, 7) is 8.90. The SMILES string of the molecule is Cc1ccc(C[NH+]2CC[NH+](C3CCCCCC3)CC2)cc1. The van der Waals surface area contributed by atoms with Crippen molar-refractivity contribution in [1.82, 2.24) is 0 Å². The maximum Gasteiger partial charge on any atom is 0.127 e. The number of aryl methyl sites for hydroxylation is 1. The smallest absolute Gasteiger partial charge is 0.127 e. The first kappa shape index (κ1) is 15.1. The fraction of sp³-hybridized carbons (Fsp3) is 0.684. The van der Waals surface area contributed by atoms with Crippen LogP contribution in [0.15, 0.2) is 24.3 Å². The number of piperazine rings is 1. The fourth-order valence-electron chi connectivity index (χ4n) is 4.19. The van der Waals surface area contributed by atoms with Crippen molar-refractivity contribution in [3.8, 4) is 0 Å². The lowest BCUT2D eigenvalue weighted by Gasteiger charge is -2.34. The molecule has 0 spiro atoms. The van der Waals surface area contributed by atoms with Crippen LogP contribution in [0.4, 0.5) is 0 Å². The van der Waals surface area contributed by atoms with Crippen molar-refractivity contribution >= 4 is 0 Å². The van der Waals surface area contributed by atoms with Crippen LogP contribution >= 0.6 is 0 Å². The third-order valence-electron chi connectivity index (χ3n) is 5.61. The maximum atomic E-state index is 2.31. The molecule has 0 bridgehead atoms. The third-order valence-corrected chi connectivity index (χ3v) is 5.61. The highest BCUT2D eigenvalue weighted by molar-refractivity contribution is 5.20. The maximum absolute atomic E-state index is 2.31. The Morgan fingerprint density at radius 2 is 1.48 bits per heavy atom. The average Bonchev–Trinajstić information content (AvgIpc) is 2.80. The van der Waals surface area contributed by atoms with Crippen LogP contribution in [0.3, 0.4) is 0 Å². The largest absolute Gasteiger partial charge is 0.323 e. The summed E-state index contributed by atoms with van der Waals surface area (Å²) < 4.78 is 0. The molecule has 3 rings (SSSR count). The Kier molecular flexibility index (Phi) is 5.32. The molecule has 1 saturated heterocycles. The quantitative estimate of drug-likeness (QED) is 0.768. The summed E-state index contributed by atoms with van der Waals surface area (Å²) in [6.07, 6.45) is 8.90. The Morgan fingerprint density at radius 3 is 2.10 bits per heavy atom. The van der Waals surface area contributed by atoms with Gasteiger partial charge in [0.05, 0.1) is 6.04 Å². The van der Waals surface area contributed by atoms with Gasteiger partial charge in [-0.1, -0.05) is 42.7 Å². The molecule has 1 heterocycles. The molecule has 0 aromatic heterocycles. The molecular formula is C19H32N2+2. The highest BCUT2D eigenvalue weighted by Gasteiger charge is 2.29. The first-order chi connectivity index (χ1) is 10.3. The Labute approximate surface area is 130 Å². The molecule has 1 aromatic rings. The van der Waals surface area contributed by atoms with Crippen molar-refractivity contribution in [1.29, 1.82) is 0 Å². The molecule has 2 aliphatic rings. The molecule has 0 atom stereocenters. The first-order valence-electron chi connectivity index (χ1n) is 9.05. The minimum Gasteiger partial charge on any atom is -0.323 e. The molecule has 1 aromatic carbocycles. The number of nitrogens with one attached hydrogen (secondary N) is 2. The van der Waals surface area contributed by atoms with E-state index in [9.17, 15) is 0 Å². The van der Waals surface area contributed by atoms with E-state index in [1.54, 1.807) is 4.90 Å². The summed E-state index contributed by atoms with van der Waals surface area (Å²) in [5, 5.41) is 0. The standard InChI is InChI=1S/C19H30N2/c1-17-8-10-18(11-9-17)16-20-12-14-21(15-13-20)19-6-4-2-3-5-7-19/h8-11,19H,2-7,12-16H2,1H3/p+2. The van der Waals surface area contributed by atoms with Crippen LogP contribution < -0.4 is 9.80 Å². The zero-order chi connectivity index (χ0) is 14.5. The molecule has 2 nitrogen and oxygen atoms in total. The van der Waals surface area contributed by atoms with E-state index in [-0.39, 0.29) is 0 Å². The molecule has 0 amide bonds. The lowest BCUT2D eigenvalue weighted by Crippen LogP contribution is -3.29. The summed E-state index contributed by atoms with van der Waals surface area (Å²) in [7, 11) is 0. The van der Waals surface area contributed by atoms with E-state index in [0.717, 1.165) is 6.04 Å². The zero-order valence-electron chi connectivity index (χ0n) is 13.7. The van der Waals surface area contributed by atoms with E-state index in [1.807, 2.05) is 4.90 Å². The van der Waals surface area contributed by atoms with Gasteiger partial charge in [-0.2, -0.15) is 0 Å². The highest BCUT2D eigenvalue weighted by atomic mass is 15.3. The summed E-state index contributed by atoms with van der Waals surface area (Å²) in [5.74, 6) is 0. The van der Waals surface area contributed by atoms with E-state index in [2.05, 4.69) is 31.2 Å². The fourth-order valence-corrected chi connectivity index (χ4v) is 4.19. The van der Waals surface area contributed by atoms with Gasteiger partial charge in [-0.05, 0) is 32.6 Å². The Hall–Kier alpha value is -0.860. The van der Waals surface area contributed by atoms with E-state index >= 15 is 0 Å². The second-order valence-corrected chi connectivity index (χ2v) is 7.26. The number of hydrogen-bond donors (Lipinski definition) is 2. The number of rotatable bonds is 3. The monoisotopic (exact) mass is 288 g/mol. The molecule has 1 aliphatic carbocycles. The lowest BCUT2D eigenvalue weighted by molar-refractivity contribution is -1.03. The van der Waals surface area contributed by atoms with Crippen LogP contribution in [0.5, 0.6) is 0 Å². The van der Waals surface area contributed by atoms with Crippen LogP contribution in [0.1, 0.15) is 49.7 Å². The van der Waals surface area contributed by atoms with Crippen molar-refractivity contribution in [2.75, 3.05) is 26.2 Å². The third kappa shape index (κ3) is 4.31. The van der Waals surface area contributed by atoms with Crippen molar-refractivity contribution in [2.24, 2.45) is 0 Å². The van der Waals surface area contributed by atoms with Gasteiger partial charge in [0.25, 0.3) is 0 Å². The Morgan fingerprint density at radius 1 is 0.857 bits per heavy atom. The van der Waals surface area contributed by atoms with Gasteiger partial charge in [0.1, 0.15) is 32.7 Å².